The van der Waals surface area contributed by atoms with Gasteiger partial charge < -0.3 is 21.3 Å². The monoisotopic (exact) mass is 310 g/mol. The predicted molar refractivity (Wildman–Crippen MR) is 72.9 cm³/mol. The molecular formula is C13H14N2O5S. The average molecular weight is 310 g/mol. The molecule has 0 bridgehead atoms. The van der Waals surface area contributed by atoms with Gasteiger partial charge in [0.15, 0.2) is 0 Å². The third kappa shape index (κ3) is 2.02. The average Bonchev–Trinajstić information content (AvgIpc) is 2.78. The van der Waals surface area contributed by atoms with E-state index in [1.165, 1.54) is 11.3 Å². The van der Waals surface area contributed by atoms with Gasteiger partial charge in [-0.25, -0.2) is 0 Å². The lowest BCUT2D eigenvalue weighted by atomic mass is 9.90. The second kappa shape index (κ2) is 4.54. The van der Waals surface area contributed by atoms with Gasteiger partial charge >= 0.3 is 11.9 Å². The van der Waals surface area contributed by atoms with E-state index < -0.39 is 41.3 Å². The molecule has 2 fully saturated rings. The maximum atomic E-state index is 12.0. The molecule has 1 amide bonds. The minimum absolute atomic E-state index is 0.0529. The van der Waals surface area contributed by atoms with Gasteiger partial charge in [0.05, 0.1) is 5.92 Å². The van der Waals surface area contributed by atoms with Crippen molar-refractivity contribution in [1.82, 2.24) is 5.32 Å². The summed E-state index contributed by atoms with van der Waals surface area (Å²) in [5, 5.41) is 24.6. The fourth-order valence-corrected chi connectivity index (χ4v) is 4.11. The van der Waals surface area contributed by atoms with Gasteiger partial charge in [-0.15, -0.1) is 0 Å². The summed E-state index contributed by atoms with van der Waals surface area (Å²) in [7, 11) is 0. The molecule has 5 atom stereocenters. The molecular weight excluding hydrogens is 296 g/mol. The highest BCUT2D eigenvalue weighted by Gasteiger charge is 2.74. The third-order valence-corrected chi connectivity index (χ3v) is 5.16. The lowest BCUT2D eigenvalue weighted by molar-refractivity contribution is -0.145. The minimum Gasteiger partial charge on any atom is -0.481 e. The van der Waals surface area contributed by atoms with Crippen molar-refractivity contribution < 1.29 is 24.6 Å². The zero-order valence-electron chi connectivity index (χ0n) is 10.9. The van der Waals surface area contributed by atoms with Gasteiger partial charge in [0, 0.05) is 22.9 Å². The Hall–Kier alpha value is -1.93. The lowest BCUT2D eigenvalue weighted by Crippen LogP contribution is -2.52. The van der Waals surface area contributed by atoms with Crippen molar-refractivity contribution >= 4 is 29.2 Å². The van der Waals surface area contributed by atoms with Crippen molar-refractivity contribution in [2.75, 3.05) is 0 Å². The topological polar surface area (TPSA) is 130 Å². The van der Waals surface area contributed by atoms with E-state index in [4.69, 9.17) is 10.8 Å². The van der Waals surface area contributed by atoms with E-state index in [1.807, 2.05) is 0 Å². The molecule has 21 heavy (non-hydrogen) atoms. The highest BCUT2D eigenvalue weighted by atomic mass is 32.1. The van der Waals surface area contributed by atoms with Crippen molar-refractivity contribution in [3.8, 4) is 0 Å². The maximum absolute atomic E-state index is 12.0. The van der Waals surface area contributed by atoms with E-state index in [9.17, 15) is 19.5 Å². The number of hydrogen-bond donors (Lipinski definition) is 4. The zero-order valence-corrected chi connectivity index (χ0v) is 11.7. The number of carbonyl (C=O) groups is 3. The van der Waals surface area contributed by atoms with Gasteiger partial charge in [-0.05, 0) is 23.8 Å². The van der Waals surface area contributed by atoms with E-state index in [1.54, 1.807) is 16.8 Å². The zero-order chi connectivity index (χ0) is 15.4. The van der Waals surface area contributed by atoms with Crippen molar-refractivity contribution in [3.63, 3.8) is 0 Å². The number of carboxylic acid groups (broad SMARTS) is 2. The Morgan fingerprint density at radius 2 is 2.10 bits per heavy atom. The fourth-order valence-electron chi connectivity index (χ4n) is 3.48. The molecule has 2 aliphatic rings. The number of carbonyl (C=O) groups excluding carboxylic acids is 1. The standard InChI is InChI=1S/C13H14N2O5S/c14-13(12(19)20)3-6(7-8(9(7)13)11(17)18)15-10(16)5-1-2-21-4-5/h1-2,4,6-9H,3,14H2,(H,15,16)(H,17,18)(H,19,20). The first kappa shape index (κ1) is 14.0. The van der Waals surface area contributed by atoms with E-state index in [-0.39, 0.29) is 12.3 Å². The summed E-state index contributed by atoms with van der Waals surface area (Å²) in [5.74, 6) is -4.44. The molecule has 0 aliphatic heterocycles. The number of amides is 1. The van der Waals surface area contributed by atoms with Crippen molar-refractivity contribution in [3.05, 3.63) is 22.4 Å². The van der Waals surface area contributed by atoms with E-state index in [0.29, 0.717) is 5.56 Å². The first-order valence-corrected chi connectivity index (χ1v) is 7.38. The Morgan fingerprint density at radius 1 is 1.38 bits per heavy atom. The van der Waals surface area contributed by atoms with Crippen molar-refractivity contribution in [2.24, 2.45) is 23.5 Å². The van der Waals surface area contributed by atoms with Gasteiger partial charge in [0.2, 0.25) is 0 Å². The minimum atomic E-state index is -1.58. The van der Waals surface area contributed by atoms with Crippen LogP contribution in [0.3, 0.4) is 0 Å². The van der Waals surface area contributed by atoms with Crippen LogP contribution in [0, 0.1) is 17.8 Å². The molecule has 1 aromatic rings. The molecule has 1 aromatic heterocycles. The van der Waals surface area contributed by atoms with Gasteiger partial charge in [-0.3, -0.25) is 14.4 Å². The van der Waals surface area contributed by atoms with Crippen LogP contribution in [0.4, 0.5) is 0 Å². The molecule has 0 radical (unpaired) electrons. The normalized spacial score (nSPS) is 36.8. The highest BCUT2D eigenvalue weighted by molar-refractivity contribution is 7.08. The first-order chi connectivity index (χ1) is 9.86. The molecule has 2 saturated carbocycles. The number of rotatable bonds is 4. The van der Waals surface area contributed by atoms with Gasteiger partial charge in [0.1, 0.15) is 5.54 Å². The molecule has 1 heterocycles. The molecule has 3 rings (SSSR count). The molecule has 8 heteroatoms. The van der Waals surface area contributed by atoms with Crippen molar-refractivity contribution in [2.45, 2.75) is 18.0 Å². The summed E-state index contributed by atoms with van der Waals surface area (Å²) < 4.78 is 0. The van der Waals surface area contributed by atoms with Crippen LogP contribution >= 0.6 is 11.3 Å². The van der Waals surface area contributed by atoms with Gasteiger partial charge in [0.25, 0.3) is 5.91 Å². The summed E-state index contributed by atoms with van der Waals surface area (Å²) >= 11 is 1.37. The molecule has 0 aromatic carbocycles. The Labute approximate surface area is 123 Å². The largest absolute Gasteiger partial charge is 0.481 e. The molecule has 5 N–H and O–H groups in total. The number of thiophene rings is 1. The summed E-state index contributed by atoms with van der Waals surface area (Å²) in [4.78, 5) is 34.6. The van der Waals surface area contributed by atoms with E-state index in [2.05, 4.69) is 5.32 Å². The Bertz CT molecular complexity index is 616. The van der Waals surface area contributed by atoms with Crippen molar-refractivity contribution in [1.29, 1.82) is 0 Å². The SMILES string of the molecule is NC1(C(=O)O)CC(NC(=O)c2ccsc2)C2C(C(=O)O)C21. The quantitative estimate of drug-likeness (QED) is 0.618. The van der Waals surface area contributed by atoms with E-state index in [0.717, 1.165) is 0 Å². The molecule has 2 aliphatic carbocycles. The van der Waals surface area contributed by atoms with Crippen LogP contribution in [0.15, 0.2) is 16.8 Å². The van der Waals surface area contributed by atoms with E-state index >= 15 is 0 Å². The number of carboxylic acids is 2. The van der Waals surface area contributed by atoms with Gasteiger partial charge in [-0.1, -0.05) is 0 Å². The molecule has 0 saturated heterocycles. The number of aliphatic carboxylic acids is 2. The second-order valence-electron chi connectivity index (χ2n) is 5.61. The van der Waals surface area contributed by atoms with Crippen LogP contribution in [0.1, 0.15) is 16.8 Å². The summed E-state index contributed by atoms with van der Waals surface area (Å²) in [6.07, 6.45) is 0.0529. The van der Waals surface area contributed by atoms with Crippen LogP contribution in [0.2, 0.25) is 0 Å². The lowest BCUT2D eigenvalue weighted by Gasteiger charge is -2.24. The Balaban J connectivity index is 1.80. The van der Waals surface area contributed by atoms with Crippen LogP contribution in [-0.2, 0) is 9.59 Å². The van der Waals surface area contributed by atoms with Crippen LogP contribution in [0.5, 0.6) is 0 Å². The first-order valence-electron chi connectivity index (χ1n) is 6.44. The van der Waals surface area contributed by atoms with Gasteiger partial charge in [-0.2, -0.15) is 11.3 Å². The summed E-state index contributed by atoms with van der Waals surface area (Å²) in [6.45, 7) is 0. The smallest absolute Gasteiger partial charge is 0.324 e. The molecule has 5 unspecified atom stereocenters. The molecule has 7 nitrogen and oxygen atoms in total. The Kier molecular flexibility index (Phi) is 3.03. The third-order valence-electron chi connectivity index (χ3n) is 4.48. The molecule has 0 spiro atoms. The number of nitrogens with one attached hydrogen (secondary N) is 1. The van der Waals surface area contributed by atoms with Crippen LogP contribution in [-0.4, -0.2) is 39.6 Å². The highest BCUT2D eigenvalue weighted by Crippen LogP contribution is 2.61. The summed E-state index contributed by atoms with van der Waals surface area (Å²) in [5.41, 5.74) is 4.79. The van der Waals surface area contributed by atoms with Crippen LogP contribution in [0.25, 0.3) is 0 Å². The molecule has 112 valence electrons. The number of fused-ring (bicyclic) bond motifs is 1. The maximum Gasteiger partial charge on any atom is 0.324 e. The summed E-state index contributed by atoms with van der Waals surface area (Å²) in [6, 6.07) is 1.13. The number of nitrogens with two attached hydrogens (primary N) is 1. The Morgan fingerprint density at radius 3 is 2.62 bits per heavy atom. The second-order valence-corrected chi connectivity index (χ2v) is 6.39. The van der Waals surface area contributed by atoms with Crippen LogP contribution < -0.4 is 11.1 Å². The number of hydrogen-bond acceptors (Lipinski definition) is 5. The fraction of sp³-hybridized carbons (Fsp3) is 0.462. The predicted octanol–water partition coefficient (Wildman–Crippen LogP) is -0.0209.